The largest absolute Gasteiger partial charge is 0.480 e. The van der Waals surface area contributed by atoms with Crippen LogP contribution in [0.15, 0.2) is 18.2 Å². The van der Waals surface area contributed by atoms with Crippen LogP contribution < -0.4 is 5.32 Å². The number of benzene rings is 1. The van der Waals surface area contributed by atoms with Crippen molar-refractivity contribution in [2.24, 2.45) is 5.92 Å². The maximum absolute atomic E-state index is 11.1. The third-order valence-corrected chi connectivity index (χ3v) is 2.63. The smallest absolute Gasteiger partial charge is 0.326 e. The number of nitro groups is 2. The number of hydrogen-bond acceptors (Lipinski definition) is 6. The first-order chi connectivity index (χ1) is 9.23. The van der Waals surface area contributed by atoms with Gasteiger partial charge in [0.05, 0.1) is 15.9 Å². The van der Waals surface area contributed by atoms with Crippen LogP contribution in [-0.2, 0) is 4.79 Å². The van der Waals surface area contributed by atoms with Gasteiger partial charge in [0, 0.05) is 6.07 Å². The molecule has 1 rings (SSSR count). The second-order valence-electron chi connectivity index (χ2n) is 4.42. The highest BCUT2D eigenvalue weighted by molar-refractivity contribution is 5.79. The second kappa shape index (κ2) is 5.95. The molecule has 0 saturated carbocycles. The molecule has 2 N–H and O–H groups in total. The average molecular weight is 283 g/mol. The lowest BCUT2D eigenvalue weighted by molar-refractivity contribution is -0.393. The molecular formula is C11H13N3O6. The predicted molar refractivity (Wildman–Crippen MR) is 69.6 cm³/mol. The normalized spacial score (nSPS) is 11.9. The highest BCUT2D eigenvalue weighted by atomic mass is 16.6. The molecule has 0 aliphatic carbocycles. The second-order valence-corrected chi connectivity index (χ2v) is 4.42. The number of anilines is 1. The number of nitrogens with zero attached hydrogens (tertiary/aromatic N) is 2. The lowest BCUT2D eigenvalue weighted by atomic mass is 10.0. The van der Waals surface area contributed by atoms with Crippen molar-refractivity contribution in [2.75, 3.05) is 5.32 Å². The number of nitrogens with one attached hydrogen (secondary N) is 1. The van der Waals surface area contributed by atoms with Gasteiger partial charge in [-0.05, 0) is 12.0 Å². The summed E-state index contributed by atoms with van der Waals surface area (Å²) in [6.45, 7) is 3.28. The van der Waals surface area contributed by atoms with Crippen LogP contribution in [0.25, 0.3) is 0 Å². The number of non-ortho nitro benzene ring substituents is 1. The number of aliphatic carboxylic acids is 1. The molecule has 1 atom stereocenters. The fourth-order valence-electron chi connectivity index (χ4n) is 1.59. The summed E-state index contributed by atoms with van der Waals surface area (Å²) >= 11 is 0. The number of carbonyl (C=O) groups is 1. The van der Waals surface area contributed by atoms with Gasteiger partial charge < -0.3 is 10.4 Å². The van der Waals surface area contributed by atoms with Crippen LogP contribution in [0.3, 0.4) is 0 Å². The summed E-state index contributed by atoms with van der Waals surface area (Å²) in [6.07, 6.45) is 0. The lowest BCUT2D eigenvalue weighted by Gasteiger charge is -2.18. The molecule has 0 saturated heterocycles. The number of carboxylic acid groups (broad SMARTS) is 1. The molecule has 0 amide bonds. The summed E-state index contributed by atoms with van der Waals surface area (Å²) in [6, 6.07) is 1.97. The van der Waals surface area contributed by atoms with Gasteiger partial charge in [0.25, 0.3) is 11.4 Å². The first-order valence-electron chi connectivity index (χ1n) is 5.66. The standard InChI is InChI=1S/C11H13N3O6/c1-6(2)10(11(15)16)12-8-4-3-7(13(17)18)5-9(8)14(19)20/h3-6,10,12H,1-2H3,(H,15,16)/t10-/m0/s1. The highest BCUT2D eigenvalue weighted by Gasteiger charge is 2.26. The Hall–Kier alpha value is -2.71. The molecule has 20 heavy (non-hydrogen) atoms. The van der Waals surface area contributed by atoms with Gasteiger partial charge in [-0.25, -0.2) is 4.79 Å². The van der Waals surface area contributed by atoms with E-state index in [0.29, 0.717) is 0 Å². The molecule has 0 aliphatic rings. The molecule has 0 heterocycles. The van der Waals surface area contributed by atoms with E-state index in [2.05, 4.69) is 5.32 Å². The third-order valence-electron chi connectivity index (χ3n) is 2.63. The van der Waals surface area contributed by atoms with Crippen molar-refractivity contribution in [3.63, 3.8) is 0 Å². The van der Waals surface area contributed by atoms with Crippen LogP contribution in [0, 0.1) is 26.1 Å². The first kappa shape index (κ1) is 15.3. The lowest BCUT2D eigenvalue weighted by Crippen LogP contribution is -2.34. The molecule has 0 spiro atoms. The predicted octanol–water partition coefficient (Wildman–Crippen LogP) is 2.02. The van der Waals surface area contributed by atoms with E-state index in [-0.39, 0.29) is 11.6 Å². The van der Waals surface area contributed by atoms with Crippen molar-refractivity contribution in [3.05, 3.63) is 38.4 Å². The maximum Gasteiger partial charge on any atom is 0.326 e. The third kappa shape index (κ3) is 3.40. The minimum Gasteiger partial charge on any atom is -0.480 e. The van der Waals surface area contributed by atoms with Crippen molar-refractivity contribution >= 4 is 23.0 Å². The maximum atomic E-state index is 11.1. The number of hydrogen-bond donors (Lipinski definition) is 2. The number of rotatable bonds is 6. The van der Waals surface area contributed by atoms with E-state index < -0.39 is 33.2 Å². The molecular weight excluding hydrogens is 270 g/mol. The molecule has 0 radical (unpaired) electrons. The van der Waals surface area contributed by atoms with E-state index in [0.717, 1.165) is 18.2 Å². The van der Waals surface area contributed by atoms with Gasteiger partial charge in [-0.3, -0.25) is 20.2 Å². The Labute approximate surface area is 113 Å². The summed E-state index contributed by atoms with van der Waals surface area (Å²) in [5, 5.41) is 33.1. The minimum atomic E-state index is -1.16. The Kier molecular flexibility index (Phi) is 4.57. The van der Waals surface area contributed by atoms with Gasteiger partial charge in [0.15, 0.2) is 0 Å². The van der Waals surface area contributed by atoms with Gasteiger partial charge >= 0.3 is 5.97 Å². The zero-order chi connectivity index (χ0) is 15.4. The Bertz CT molecular complexity index is 557. The summed E-state index contributed by atoms with van der Waals surface area (Å²) in [5.74, 6) is -1.48. The van der Waals surface area contributed by atoms with Crippen molar-refractivity contribution < 1.29 is 19.7 Å². The molecule has 0 aromatic heterocycles. The van der Waals surface area contributed by atoms with E-state index in [1.807, 2.05) is 0 Å². The van der Waals surface area contributed by atoms with Gasteiger partial charge in [0.1, 0.15) is 11.7 Å². The van der Waals surface area contributed by atoms with E-state index >= 15 is 0 Å². The first-order valence-corrected chi connectivity index (χ1v) is 5.66. The van der Waals surface area contributed by atoms with E-state index in [1.165, 1.54) is 0 Å². The molecule has 1 aromatic rings. The van der Waals surface area contributed by atoms with E-state index in [4.69, 9.17) is 5.11 Å². The van der Waals surface area contributed by atoms with Crippen LogP contribution in [0.5, 0.6) is 0 Å². The fourth-order valence-corrected chi connectivity index (χ4v) is 1.59. The highest BCUT2D eigenvalue weighted by Crippen LogP contribution is 2.30. The fraction of sp³-hybridized carbons (Fsp3) is 0.364. The number of nitro benzene ring substituents is 2. The quantitative estimate of drug-likeness (QED) is 0.602. The Morgan fingerprint density at radius 2 is 1.85 bits per heavy atom. The van der Waals surface area contributed by atoms with Crippen LogP contribution >= 0.6 is 0 Å². The Morgan fingerprint density at radius 1 is 1.25 bits per heavy atom. The number of carboxylic acids is 1. The van der Waals surface area contributed by atoms with Crippen LogP contribution in [0.2, 0.25) is 0 Å². The van der Waals surface area contributed by atoms with Crippen molar-refractivity contribution in [1.82, 2.24) is 0 Å². The monoisotopic (exact) mass is 283 g/mol. The summed E-state index contributed by atoms with van der Waals surface area (Å²) < 4.78 is 0. The van der Waals surface area contributed by atoms with Gasteiger partial charge in [-0.15, -0.1) is 0 Å². The van der Waals surface area contributed by atoms with E-state index in [1.54, 1.807) is 13.8 Å². The minimum absolute atomic E-state index is 0.0679. The molecule has 0 aliphatic heterocycles. The zero-order valence-corrected chi connectivity index (χ0v) is 10.8. The zero-order valence-electron chi connectivity index (χ0n) is 10.8. The molecule has 9 heteroatoms. The summed E-state index contributed by atoms with van der Waals surface area (Å²) in [4.78, 5) is 31.0. The molecule has 1 aromatic carbocycles. The SMILES string of the molecule is CC(C)[C@H](Nc1ccc([N+](=O)[O-])cc1[N+](=O)[O-])C(=O)O. The van der Waals surface area contributed by atoms with Gasteiger partial charge in [0.2, 0.25) is 0 Å². The Balaban J connectivity index is 3.20. The van der Waals surface area contributed by atoms with Gasteiger partial charge in [-0.1, -0.05) is 13.8 Å². The topological polar surface area (TPSA) is 136 Å². The van der Waals surface area contributed by atoms with Crippen molar-refractivity contribution in [3.8, 4) is 0 Å². The van der Waals surface area contributed by atoms with E-state index in [9.17, 15) is 25.0 Å². The van der Waals surface area contributed by atoms with Crippen LogP contribution in [0.1, 0.15) is 13.8 Å². The van der Waals surface area contributed by atoms with Crippen molar-refractivity contribution in [1.29, 1.82) is 0 Å². The Morgan fingerprint density at radius 3 is 2.25 bits per heavy atom. The van der Waals surface area contributed by atoms with Crippen molar-refractivity contribution in [2.45, 2.75) is 19.9 Å². The van der Waals surface area contributed by atoms with Crippen LogP contribution in [-0.4, -0.2) is 27.0 Å². The van der Waals surface area contributed by atoms with Crippen LogP contribution in [0.4, 0.5) is 17.1 Å². The summed E-state index contributed by atoms with van der Waals surface area (Å²) in [7, 11) is 0. The molecule has 9 nitrogen and oxygen atoms in total. The summed E-state index contributed by atoms with van der Waals surface area (Å²) in [5.41, 5.74) is -1.04. The molecule has 0 fully saturated rings. The molecule has 108 valence electrons. The molecule has 0 bridgehead atoms. The average Bonchev–Trinajstić information content (AvgIpc) is 2.34. The molecule has 0 unspecified atom stereocenters. The van der Waals surface area contributed by atoms with Gasteiger partial charge in [-0.2, -0.15) is 0 Å².